The number of hydrogen-bond donors (Lipinski definition) is 1. The van der Waals surface area contributed by atoms with Gasteiger partial charge in [0.05, 0.1) is 5.92 Å². The minimum Gasteiger partial charge on any atom is -0.328 e. The summed E-state index contributed by atoms with van der Waals surface area (Å²) in [5.74, 6) is -7.07. The largest absolute Gasteiger partial charge is 0.328 e. The Balaban J connectivity index is 2.27. The van der Waals surface area contributed by atoms with Crippen LogP contribution in [-0.4, -0.2) is 11.0 Å². The van der Waals surface area contributed by atoms with E-state index in [2.05, 4.69) is 11.6 Å². The first-order chi connectivity index (χ1) is 15.6. The second-order valence-corrected chi connectivity index (χ2v) is 8.00. The molecule has 0 aliphatic carbocycles. The van der Waals surface area contributed by atoms with Crippen molar-refractivity contribution in [3.05, 3.63) is 101 Å². The number of rotatable bonds is 11. The van der Waals surface area contributed by atoms with Gasteiger partial charge in [-0.2, -0.15) is 8.78 Å². The number of alkyl halides is 2. The molecule has 1 aromatic heterocycles. The third-order valence-corrected chi connectivity index (χ3v) is 5.43. The molecule has 0 saturated heterocycles. The summed E-state index contributed by atoms with van der Waals surface area (Å²) in [5.41, 5.74) is 6.58. The lowest BCUT2D eigenvalue weighted by molar-refractivity contribution is -0.0603. The second-order valence-electron chi connectivity index (χ2n) is 8.00. The van der Waals surface area contributed by atoms with Gasteiger partial charge in [-0.3, -0.25) is 4.98 Å². The molecule has 2 aromatic rings. The normalized spacial score (nSPS) is 14.8. The van der Waals surface area contributed by atoms with Gasteiger partial charge in [0.25, 0.3) is 5.92 Å². The number of aryl methyl sites for hydroxylation is 2. The molecule has 0 radical (unpaired) electrons. The van der Waals surface area contributed by atoms with E-state index < -0.39 is 41.0 Å². The van der Waals surface area contributed by atoms with Crippen LogP contribution < -0.4 is 5.73 Å². The molecule has 33 heavy (non-hydrogen) atoms. The monoisotopic (exact) mass is 464 g/mol. The second kappa shape index (κ2) is 11.9. The highest BCUT2D eigenvalue weighted by Crippen LogP contribution is 2.42. The van der Waals surface area contributed by atoms with E-state index in [0.717, 1.165) is 18.2 Å². The van der Waals surface area contributed by atoms with Crippen molar-refractivity contribution in [1.82, 2.24) is 4.98 Å². The number of hydrogen-bond acceptors (Lipinski definition) is 2. The third-order valence-electron chi connectivity index (χ3n) is 5.43. The number of allylic oxidation sites excluding steroid dienone is 5. The molecule has 7 heteroatoms. The molecule has 2 N–H and O–H groups in total. The highest BCUT2D eigenvalue weighted by molar-refractivity contribution is 5.27. The van der Waals surface area contributed by atoms with Crippen LogP contribution in [0.2, 0.25) is 0 Å². The number of aromatic nitrogens is 1. The first-order valence-corrected chi connectivity index (χ1v) is 10.8. The Morgan fingerprint density at radius 2 is 1.88 bits per heavy atom. The van der Waals surface area contributed by atoms with Gasteiger partial charge in [0, 0.05) is 12.2 Å². The molecule has 0 saturated carbocycles. The van der Waals surface area contributed by atoms with E-state index in [0.29, 0.717) is 17.6 Å². The Morgan fingerprint density at radius 3 is 2.45 bits per heavy atom. The van der Waals surface area contributed by atoms with Crippen LogP contribution in [0, 0.1) is 17.6 Å². The maximum atomic E-state index is 15.5. The fourth-order valence-electron chi connectivity index (χ4n) is 3.61. The average Bonchev–Trinajstić information content (AvgIpc) is 2.79. The molecule has 2 atom stereocenters. The van der Waals surface area contributed by atoms with Crippen molar-refractivity contribution in [3.8, 4) is 0 Å². The molecule has 0 amide bonds. The number of benzene rings is 1. The predicted molar refractivity (Wildman–Crippen MR) is 121 cm³/mol. The fourth-order valence-corrected chi connectivity index (χ4v) is 3.61. The quantitative estimate of drug-likeness (QED) is 0.288. The summed E-state index contributed by atoms with van der Waals surface area (Å²) >= 11 is 0. The minimum absolute atomic E-state index is 0.0154. The highest BCUT2D eigenvalue weighted by atomic mass is 19.3. The zero-order valence-electron chi connectivity index (χ0n) is 18.8. The molecule has 0 bridgehead atoms. The Labute approximate surface area is 191 Å². The Morgan fingerprint density at radius 1 is 1.15 bits per heavy atom. The summed E-state index contributed by atoms with van der Waals surface area (Å²) < 4.78 is 71.7. The maximum absolute atomic E-state index is 15.5. The van der Waals surface area contributed by atoms with Crippen LogP contribution in [0.15, 0.2) is 72.7 Å². The van der Waals surface area contributed by atoms with Crippen LogP contribution >= 0.6 is 0 Å². The molecule has 1 heterocycles. The van der Waals surface area contributed by atoms with Gasteiger partial charge in [0.1, 0.15) is 11.5 Å². The van der Waals surface area contributed by atoms with Gasteiger partial charge in [-0.1, -0.05) is 43.4 Å². The minimum atomic E-state index is -3.35. The van der Waals surface area contributed by atoms with Crippen molar-refractivity contribution >= 4 is 0 Å². The Bertz CT molecular complexity index is 994. The number of nitrogens with zero attached hydrogens (tertiary/aromatic N) is 1. The van der Waals surface area contributed by atoms with E-state index in [9.17, 15) is 13.2 Å². The molecule has 0 spiro atoms. The zero-order chi connectivity index (χ0) is 24.6. The molecule has 2 nitrogen and oxygen atoms in total. The van der Waals surface area contributed by atoms with Crippen LogP contribution in [-0.2, 0) is 18.8 Å². The molecular formula is C26H29F5N2. The van der Waals surface area contributed by atoms with Gasteiger partial charge in [0.15, 0.2) is 11.6 Å². The molecule has 0 fully saturated rings. The van der Waals surface area contributed by atoms with Gasteiger partial charge in [-0.25, -0.2) is 13.2 Å². The fraction of sp³-hybridized carbons (Fsp3) is 0.346. The molecule has 178 valence electrons. The van der Waals surface area contributed by atoms with Crippen molar-refractivity contribution in [2.24, 2.45) is 11.7 Å². The number of halogens is 5. The first kappa shape index (κ1) is 26.5. The van der Waals surface area contributed by atoms with Gasteiger partial charge in [0.2, 0.25) is 0 Å². The summed E-state index contributed by atoms with van der Waals surface area (Å²) in [7, 11) is 0. The SMILES string of the molecule is C=C/C(F)=C\C=C(/CC)C(CC(C)N)C(F)(F)c1ccc(CCc2cccc(F)c2F)cn1. The summed E-state index contributed by atoms with van der Waals surface area (Å²) in [6.07, 6.45) is 5.56. The molecular weight excluding hydrogens is 435 g/mol. The van der Waals surface area contributed by atoms with Gasteiger partial charge < -0.3 is 5.73 Å². The zero-order valence-corrected chi connectivity index (χ0v) is 18.8. The lowest BCUT2D eigenvalue weighted by atomic mass is 9.83. The smallest absolute Gasteiger partial charge is 0.296 e. The Kier molecular flexibility index (Phi) is 9.53. The van der Waals surface area contributed by atoms with Gasteiger partial charge >= 0.3 is 0 Å². The standard InChI is InChI=1S/C26H29F5N2/c1-4-19(12-13-21(27)5-2)22(15-17(3)32)26(30,31)24-14-10-18(16-33-24)9-11-20-7-6-8-23(28)25(20)29/h5-8,10,12-14,16-17,22H,2,4,9,11,15,32H2,1,3H3/b19-12+,21-13+. The van der Waals surface area contributed by atoms with Crippen LogP contribution in [0.25, 0.3) is 0 Å². The van der Waals surface area contributed by atoms with E-state index in [1.165, 1.54) is 36.5 Å². The molecule has 2 rings (SSSR count). The summed E-state index contributed by atoms with van der Waals surface area (Å²) in [5, 5.41) is 0. The first-order valence-electron chi connectivity index (χ1n) is 10.8. The lowest BCUT2D eigenvalue weighted by Gasteiger charge is -2.30. The number of pyridine rings is 1. The molecule has 0 aliphatic rings. The average molecular weight is 465 g/mol. The third kappa shape index (κ3) is 7.09. The van der Waals surface area contributed by atoms with Gasteiger partial charge in [-0.05, 0) is 68.0 Å². The van der Waals surface area contributed by atoms with Crippen molar-refractivity contribution in [2.45, 2.75) is 51.5 Å². The van der Waals surface area contributed by atoms with Gasteiger partial charge in [-0.15, -0.1) is 0 Å². The summed E-state index contributed by atoms with van der Waals surface area (Å²) in [6, 6.07) is 6.17. The number of nitrogens with two attached hydrogens (primary N) is 1. The van der Waals surface area contributed by atoms with Crippen molar-refractivity contribution < 1.29 is 22.0 Å². The lowest BCUT2D eigenvalue weighted by Crippen LogP contribution is -2.33. The van der Waals surface area contributed by atoms with Crippen LogP contribution in [0.3, 0.4) is 0 Å². The summed E-state index contributed by atoms with van der Waals surface area (Å²) in [4.78, 5) is 3.97. The molecule has 1 aromatic carbocycles. The topological polar surface area (TPSA) is 38.9 Å². The van der Waals surface area contributed by atoms with Crippen molar-refractivity contribution in [2.75, 3.05) is 0 Å². The Hall–Kier alpha value is -2.80. The summed E-state index contributed by atoms with van der Waals surface area (Å²) in [6.45, 7) is 6.67. The van der Waals surface area contributed by atoms with Crippen molar-refractivity contribution in [3.63, 3.8) is 0 Å². The van der Waals surface area contributed by atoms with Crippen molar-refractivity contribution in [1.29, 1.82) is 0 Å². The van der Waals surface area contributed by atoms with Crippen LogP contribution in [0.4, 0.5) is 22.0 Å². The molecule has 0 aliphatic heterocycles. The van der Waals surface area contributed by atoms with E-state index in [1.807, 2.05) is 0 Å². The van der Waals surface area contributed by atoms with Crippen LogP contribution in [0.1, 0.15) is 43.5 Å². The van der Waals surface area contributed by atoms with Crippen LogP contribution in [0.5, 0.6) is 0 Å². The van der Waals surface area contributed by atoms with E-state index in [-0.39, 0.29) is 24.8 Å². The predicted octanol–water partition coefficient (Wildman–Crippen LogP) is 6.97. The molecule has 2 unspecified atom stereocenters. The highest BCUT2D eigenvalue weighted by Gasteiger charge is 2.44. The van der Waals surface area contributed by atoms with E-state index in [4.69, 9.17) is 5.73 Å². The van der Waals surface area contributed by atoms with E-state index >= 15 is 8.78 Å². The van der Waals surface area contributed by atoms with E-state index in [1.54, 1.807) is 13.8 Å². The maximum Gasteiger partial charge on any atom is 0.296 e.